The number of nitrogens with two attached hydrogens (primary N) is 1. The molecular weight excluding hydrogens is 246 g/mol. The van der Waals surface area contributed by atoms with E-state index in [-0.39, 0.29) is 6.04 Å². The Morgan fingerprint density at radius 2 is 2.44 bits per heavy atom. The molecule has 2 N–H and O–H groups in total. The molecule has 1 aliphatic carbocycles. The van der Waals surface area contributed by atoms with Crippen molar-refractivity contribution in [3.05, 3.63) is 10.6 Å². The van der Waals surface area contributed by atoms with Crippen LogP contribution in [0.25, 0.3) is 0 Å². The molecule has 1 aliphatic heterocycles. The van der Waals surface area contributed by atoms with Crippen LogP contribution in [0.15, 0.2) is 0 Å². The van der Waals surface area contributed by atoms with Gasteiger partial charge in [-0.3, -0.25) is 0 Å². The van der Waals surface area contributed by atoms with Crippen LogP contribution in [0, 0.1) is 0 Å². The Bertz CT molecular complexity index is 420. The Kier molecular flexibility index (Phi) is 3.54. The van der Waals surface area contributed by atoms with E-state index in [2.05, 4.69) is 11.8 Å². The molecule has 0 saturated carbocycles. The number of aromatic nitrogens is 1. The zero-order chi connectivity index (χ0) is 12.5. The molecule has 0 radical (unpaired) electrons. The molecule has 4 nitrogen and oxygen atoms in total. The van der Waals surface area contributed by atoms with Crippen molar-refractivity contribution in [1.82, 2.24) is 4.98 Å². The summed E-state index contributed by atoms with van der Waals surface area (Å²) in [5.74, 6) is 0. The predicted octanol–water partition coefficient (Wildman–Crippen LogP) is 2.09. The molecule has 100 valence electrons. The van der Waals surface area contributed by atoms with E-state index in [1.54, 1.807) is 0 Å². The number of hydrogen-bond donors (Lipinski definition) is 1. The van der Waals surface area contributed by atoms with Gasteiger partial charge in [0.2, 0.25) is 0 Å². The maximum atomic E-state index is 6.14. The molecule has 0 aromatic carbocycles. The van der Waals surface area contributed by atoms with Crippen LogP contribution in [0.1, 0.15) is 42.8 Å². The zero-order valence-corrected chi connectivity index (χ0v) is 11.7. The van der Waals surface area contributed by atoms with Gasteiger partial charge >= 0.3 is 0 Å². The number of hydrogen-bond acceptors (Lipinski definition) is 5. The highest BCUT2D eigenvalue weighted by molar-refractivity contribution is 7.15. The second kappa shape index (κ2) is 5.15. The van der Waals surface area contributed by atoms with Gasteiger partial charge in [-0.25, -0.2) is 4.98 Å². The maximum Gasteiger partial charge on any atom is 0.186 e. The minimum atomic E-state index is 0.154. The first-order valence-electron chi connectivity index (χ1n) is 6.89. The minimum Gasteiger partial charge on any atom is -0.375 e. The molecule has 0 bridgehead atoms. The highest BCUT2D eigenvalue weighted by atomic mass is 32.1. The molecule has 2 unspecified atom stereocenters. The molecule has 1 aromatic rings. The van der Waals surface area contributed by atoms with Crippen molar-refractivity contribution in [3.8, 4) is 0 Å². The molecule has 0 amide bonds. The van der Waals surface area contributed by atoms with Crippen LogP contribution in [0.5, 0.6) is 0 Å². The van der Waals surface area contributed by atoms with Gasteiger partial charge in [-0.2, -0.15) is 0 Å². The lowest BCUT2D eigenvalue weighted by molar-refractivity contribution is 0.0384. The number of fused-ring (bicyclic) bond motifs is 1. The molecular formula is C13H21N3OS. The van der Waals surface area contributed by atoms with Crippen molar-refractivity contribution >= 4 is 16.5 Å². The average Bonchev–Trinajstić information content (AvgIpc) is 2.84. The molecule has 1 saturated heterocycles. The first-order chi connectivity index (χ1) is 8.78. The first kappa shape index (κ1) is 12.4. The van der Waals surface area contributed by atoms with Crippen LogP contribution in [0.4, 0.5) is 5.13 Å². The van der Waals surface area contributed by atoms with E-state index in [4.69, 9.17) is 15.5 Å². The van der Waals surface area contributed by atoms with Gasteiger partial charge in [0.25, 0.3) is 0 Å². The van der Waals surface area contributed by atoms with E-state index in [1.165, 1.54) is 11.3 Å². The number of anilines is 1. The smallest absolute Gasteiger partial charge is 0.186 e. The van der Waals surface area contributed by atoms with Gasteiger partial charge < -0.3 is 15.4 Å². The summed E-state index contributed by atoms with van der Waals surface area (Å²) in [6, 6.07) is 0.154. The fourth-order valence-corrected chi connectivity index (χ4v) is 3.92. The van der Waals surface area contributed by atoms with E-state index in [9.17, 15) is 0 Å². The Morgan fingerprint density at radius 1 is 1.56 bits per heavy atom. The maximum absolute atomic E-state index is 6.14. The summed E-state index contributed by atoms with van der Waals surface area (Å²) >= 11 is 1.84. The van der Waals surface area contributed by atoms with Crippen LogP contribution >= 0.6 is 11.3 Å². The number of aryl methyl sites for hydroxylation is 1. The second-order valence-corrected chi connectivity index (χ2v) is 6.21. The molecule has 3 rings (SSSR count). The summed E-state index contributed by atoms with van der Waals surface area (Å²) in [6.07, 6.45) is 4.87. The van der Waals surface area contributed by atoms with Crippen LogP contribution in [0.3, 0.4) is 0 Å². The Hall–Kier alpha value is -0.650. The van der Waals surface area contributed by atoms with Crippen molar-refractivity contribution in [3.63, 3.8) is 0 Å². The standard InChI is InChI=1S/C13H21N3OS/c1-2-9-8-16(6-7-17-9)13-15-12-10(14)4-3-5-11(12)18-13/h9-10H,2-8,14H2,1H3. The minimum absolute atomic E-state index is 0.154. The van der Waals surface area contributed by atoms with E-state index in [0.29, 0.717) is 6.10 Å². The fraction of sp³-hybridized carbons (Fsp3) is 0.769. The van der Waals surface area contributed by atoms with Gasteiger partial charge in [0, 0.05) is 24.0 Å². The molecule has 2 heterocycles. The topological polar surface area (TPSA) is 51.4 Å². The number of morpholine rings is 1. The molecule has 18 heavy (non-hydrogen) atoms. The number of rotatable bonds is 2. The normalized spacial score (nSPS) is 28.2. The number of thiazole rings is 1. The largest absolute Gasteiger partial charge is 0.375 e. The summed E-state index contributed by atoms with van der Waals surface area (Å²) in [7, 11) is 0. The molecule has 0 spiro atoms. The summed E-state index contributed by atoms with van der Waals surface area (Å²) in [4.78, 5) is 8.56. The molecule has 5 heteroatoms. The van der Waals surface area contributed by atoms with Crippen molar-refractivity contribution in [2.24, 2.45) is 5.73 Å². The molecule has 2 aliphatic rings. The quantitative estimate of drug-likeness (QED) is 0.891. The third kappa shape index (κ3) is 2.27. The van der Waals surface area contributed by atoms with Crippen LogP contribution < -0.4 is 10.6 Å². The highest BCUT2D eigenvalue weighted by Crippen LogP contribution is 2.36. The molecule has 1 aromatic heterocycles. The SMILES string of the molecule is CCC1CN(c2nc3c(s2)CCCC3N)CCO1. The van der Waals surface area contributed by atoms with Gasteiger partial charge in [0.05, 0.1) is 18.4 Å². The summed E-state index contributed by atoms with van der Waals surface area (Å²) in [6.45, 7) is 4.92. The third-order valence-electron chi connectivity index (χ3n) is 3.85. The number of nitrogens with zero attached hydrogens (tertiary/aromatic N) is 2. The Balaban J connectivity index is 1.80. The highest BCUT2D eigenvalue weighted by Gasteiger charge is 2.26. The summed E-state index contributed by atoms with van der Waals surface area (Å²) in [5, 5.41) is 1.15. The van der Waals surface area contributed by atoms with Crippen LogP contribution in [-0.2, 0) is 11.2 Å². The van der Waals surface area contributed by atoms with Crippen molar-refractivity contribution < 1.29 is 4.74 Å². The molecule has 2 atom stereocenters. The lowest BCUT2D eigenvalue weighted by Gasteiger charge is -2.32. The lowest BCUT2D eigenvalue weighted by atomic mass is 9.99. The van der Waals surface area contributed by atoms with E-state index >= 15 is 0 Å². The van der Waals surface area contributed by atoms with Gasteiger partial charge in [-0.15, -0.1) is 11.3 Å². The predicted molar refractivity (Wildman–Crippen MR) is 74.2 cm³/mol. The van der Waals surface area contributed by atoms with Crippen LogP contribution in [-0.4, -0.2) is 30.8 Å². The average molecular weight is 267 g/mol. The van der Waals surface area contributed by atoms with Gasteiger partial charge in [-0.1, -0.05) is 6.92 Å². The first-order valence-corrected chi connectivity index (χ1v) is 7.71. The molecule has 1 fully saturated rings. The van der Waals surface area contributed by atoms with Gasteiger partial charge in [0.1, 0.15) is 0 Å². The third-order valence-corrected chi connectivity index (χ3v) is 5.04. The Morgan fingerprint density at radius 3 is 3.22 bits per heavy atom. The van der Waals surface area contributed by atoms with Crippen molar-refractivity contribution in [1.29, 1.82) is 0 Å². The van der Waals surface area contributed by atoms with E-state index in [0.717, 1.165) is 49.8 Å². The zero-order valence-electron chi connectivity index (χ0n) is 10.9. The van der Waals surface area contributed by atoms with Crippen molar-refractivity contribution in [2.45, 2.75) is 44.8 Å². The van der Waals surface area contributed by atoms with Crippen LogP contribution in [0.2, 0.25) is 0 Å². The monoisotopic (exact) mass is 267 g/mol. The summed E-state index contributed by atoms with van der Waals surface area (Å²) in [5.41, 5.74) is 7.30. The van der Waals surface area contributed by atoms with Gasteiger partial charge in [0.15, 0.2) is 5.13 Å². The van der Waals surface area contributed by atoms with E-state index in [1.807, 2.05) is 11.3 Å². The fourth-order valence-electron chi connectivity index (χ4n) is 2.71. The number of ether oxygens (including phenoxy) is 1. The van der Waals surface area contributed by atoms with Crippen molar-refractivity contribution in [2.75, 3.05) is 24.6 Å². The Labute approximate surface area is 112 Å². The lowest BCUT2D eigenvalue weighted by Crippen LogP contribution is -2.42. The summed E-state index contributed by atoms with van der Waals surface area (Å²) < 4.78 is 5.71. The van der Waals surface area contributed by atoms with Gasteiger partial charge in [-0.05, 0) is 25.7 Å². The second-order valence-electron chi connectivity index (χ2n) is 5.15. The van der Waals surface area contributed by atoms with E-state index < -0.39 is 0 Å².